The number of nitrogens with zero attached hydrogens (tertiary/aromatic N) is 2. The van der Waals surface area contributed by atoms with Crippen LogP contribution in [0.3, 0.4) is 0 Å². The van der Waals surface area contributed by atoms with Crippen molar-refractivity contribution in [2.24, 2.45) is 0 Å². The molecule has 0 bridgehead atoms. The molecule has 1 heterocycles. The van der Waals surface area contributed by atoms with E-state index < -0.39 is 6.04 Å². The number of hydrogen-bond donors (Lipinski definition) is 1. The number of carbonyl (C=O) groups excluding carboxylic acids is 1. The van der Waals surface area contributed by atoms with Crippen molar-refractivity contribution in [3.63, 3.8) is 0 Å². The van der Waals surface area contributed by atoms with E-state index in [4.69, 9.17) is 27.0 Å². The summed E-state index contributed by atoms with van der Waals surface area (Å²) in [6, 6.07) is 8.68. The van der Waals surface area contributed by atoms with Crippen molar-refractivity contribution in [3.05, 3.63) is 53.8 Å². The number of carbonyl (C=O) groups is 1. The van der Waals surface area contributed by atoms with E-state index in [9.17, 15) is 4.79 Å². The zero-order chi connectivity index (χ0) is 19.1. The van der Waals surface area contributed by atoms with Crippen LogP contribution in [0.4, 0.5) is 0 Å². The summed E-state index contributed by atoms with van der Waals surface area (Å²) in [7, 11) is 0. The molecule has 1 aliphatic heterocycles. The van der Waals surface area contributed by atoms with Gasteiger partial charge in [-0.05, 0) is 43.8 Å². The molecule has 0 spiro atoms. The van der Waals surface area contributed by atoms with Crippen molar-refractivity contribution in [1.82, 2.24) is 10.2 Å². The summed E-state index contributed by atoms with van der Waals surface area (Å²) >= 11 is 5.45. The van der Waals surface area contributed by atoms with Gasteiger partial charge in [-0.1, -0.05) is 18.2 Å². The second-order valence-corrected chi connectivity index (χ2v) is 5.90. The Hall–Kier alpha value is -2.85. The monoisotopic (exact) mass is 371 g/mol. The maximum absolute atomic E-state index is 12.6. The lowest BCUT2D eigenvalue weighted by molar-refractivity contribution is -0.139. The normalized spacial score (nSPS) is 16.6. The van der Waals surface area contributed by atoms with E-state index >= 15 is 0 Å². The van der Waals surface area contributed by atoms with Gasteiger partial charge in [0, 0.05) is 12.2 Å². The Kier molecular flexibility index (Phi) is 6.75. The maximum Gasteiger partial charge on any atom is 0.338 e. The molecule has 6 nitrogen and oxygen atoms in total. The largest absolute Gasteiger partial charge is 0.479 e. The van der Waals surface area contributed by atoms with Gasteiger partial charge in [0.1, 0.15) is 11.8 Å². The first-order valence-electron chi connectivity index (χ1n) is 8.20. The fourth-order valence-corrected chi connectivity index (χ4v) is 3.05. The number of thiocarbonyl (C=S) groups is 1. The fraction of sp³-hybridized carbons (Fsp3) is 0.316. The molecule has 0 saturated heterocycles. The SMILES string of the molecule is C=CCN1C(=S)N[C@@H](c2ccc(OCC#N)cc2)C(C(=O)OCC)=C1C. The van der Waals surface area contributed by atoms with Gasteiger partial charge in [0.2, 0.25) is 0 Å². The predicted octanol–water partition coefficient (Wildman–Crippen LogP) is 2.84. The molecule has 1 atom stereocenters. The van der Waals surface area contributed by atoms with Gasteiger partial charge in [-0.3, -0.25) is 0 Å². The highest BCUT2D eigenvalue weighted by Crippen LogP contribution is 2.32. The minimum Gasteiger partial charge on any atom is -0.479 e. The second kappa shape index (κ2) is 9.02. The predicted molar refractivity (Wildman–Crippen MR) is 102 cm³/mol. The Morgan fingerprint density at radius 1 is 1.46 bits per heavy atom. The van der Waals surface area contributed by atoms with E-state index in [0.29, 0.717) is 23.0 Å². The smallest absolute Gasteiger partial charge is 0.338 e. The third-order valence-corrected chi connectivity index (χ3v) is 4.26. The Balaban J connectivity index is 2.41. The number of ether oxygens (including phenoxy) is 2. The van der Waals surface area contributed by atoms with E-state index in [1.807, 2.05) is 30.0 Å². The summed E-state index contributed by atoms with van der Waals surface area (Å²) in [4.78, 5) is 14.4. The number of nitrogens with one attached hydrogen (secondary N) is 1. The van der Waals surface area contributed by atoms with Crippen LogP contribution in [-0.2, 0) is 9.53 Å². The number of allylic oxidation sites excluding steroid dienone is 1. The van der Waals surface area contributed by atoms with Crippen molar-refractivity contribution < 1.29 is 14.3 Å². The number of rotatable bonds is 7. The number of nitriles is 1. The summed E-state index contributed by atoms with van der Waals surface area (Å²) in [5.74, 6) is 0.198. The molecule has 0 aromatic heterocycles. The lowest BCUT2D eigenvalue weighted by atomic mass is 9.95. The molecular weight excluding hydrogens is 350 g/mol. The van der Waals surface area contributed by atoms with Crippen molar-refractivity contribution in [3.8, 4) is 11.8 Å². The van der Waals surface area contributed by atoms with Crippen LogP contribution in [0.2, 0.25) is 0 Å². The standard InChI is InChI=1S/C19H21N3O3S/c1-4-11-22-13(3)16(18(23)24-5-2)17(21-19(22)26)14-6-8-15(9-7-14)25-12-10-20/h4,6-9,17H,1,5,11-12H2,2-3H3,(H,21,26)/t17-/m0/s1. The fourth-order valence-electron chi connectivity index (χ4n) is 2.73. The molecule has 2 rings (SSSR count). The Morgan fingerprint density at radius 2 is 2.15 bits per heavy atom. The molecule has 7 heteroatoms. The van der Waals surface area contributed by atoms with E-state index in [0.717, 1.165) is 11.3 Å². The van der Waals surface area contributed by atoms with Gasteiger partial charge in [0.05, 0.1) is 18.2 Å². The van der Waals surface area contributed by atoms with Crippen LogP contribution in [0.1, 0.15) is 25.5 Å². The van der Waals surface area contributed by atoms with Gasteiger partial charge >= 0.3 is 5.97 Å². The van der Waals surface area contributed by atoms with Crippen LogP contribution in [-0.4, -0.2) is 35.7 Å². The quantitative estimate of drug-likeness (QED) is 0.449. The van der Waals surface area contributed by atoms with Crippen molar-refractivity contribution in [2.45, 2.75) is 19.9 Å². The molecule has 136 valence electrons. The molecule has 1 aliphatic rings. The molecule has 0 amide bonds. The third-order valence-electron chi connectivity index (χ3n) is 3.92. The first-order chi connectivity index (χ1) is 12.5. The molecule has 26 heavy (non-hydrogen) atoms. The van der Waals surface area contributed by atoms with Gasteiger partial charge in [0.15, 0.2) is 11.7 Å². The van der Waals surface area contributed by atoms with Gasteiger partial charge in [-0.15, -0.1) is 6.58 Å². The maximum atomic E-state index is 12.6. The van der Waals surface area contributed by atoms with Crippen LogP contribution in [0.5, 0.6) is 5.75 Å². The molecule has 0 radical (unpaired) electrons. The van der Waals surface area contributed by atoms with E-state index in [1.165, 1.54) is 0 Å². The first-order valence-corrected chi connectivity index (χ1v) is 8.60. The summed E-state index contributed by atoms with van der Waals surface area (Å²) < 4.78 is 10.5. The van der Waals surface area contributed by atoms with Gasteiger partial charge in [-0.2, -0.15) is 5.26 Å². The van der Waals surface area contributed by atoms with Gasteiger partial charge in [0.25, 0.3) is 0 Å². The lowest BCUT2D eigenvalue weighted by Crippen LogP contribution is -2.47. The van der Waals surface area contributed by atoms with Crippen LogP contribution < -0.4 is 10.1 Å². The molecule has 0 unspecified atom stereocenters. The second-order valence-electron chi connectivity index (χ2n) is 5.52. The number of benzene rings is 1. The Labute approximate surface area is 158 Å². The molecule has 1 aromatic rings. The summed E-state index contributed by atoms with van der Waals surface area (Å²) in [6.45, 7) is 8.12. The molecule has 1 N–H and O–H groups in total. The zero-order valence-corrected chi connectivity index (χ0v) is 15.6. The summed E-state index contributed by atoms with van der Waals surface area (Å²) in [5.41, 5.74) is 2.09. The van der Waals surface area contributed by atoms with E-state index in [2.05, 4.69) is 11.9 Å². The van der Waals surface area contributed by atoms with Crippen LogP contribution >= 0.6 is 12.2 Å². The topological polar surface area (TPSA) is 74.6 Å². The number of hydrogen-bond acceptors (Lipinski definition) is 5. The van der Waals surface area contributed by atoms with Crippen molar-refractivity contribution in [2.75, 3.05) is 19.8 Å². The van der Waals surface area contributed by atoms with E-state index in [-0.39, 0.29) is 19.2 Å². The first kappa shape index (κ1) is 19.5. The molecular formula is C19H21N3O3S. The Morgan fingerprint density at radius 3 is 2.73 bits per heavy atom. The van der Waals surface area contributed by atoms with E-state index in [1.54, 1.807) is 25.1 Å². The molecule has 0 saturated carbocycles. The van der Waals surface area contributed by atoms with Crippen molar-refractivity contribution >= 4 is 23.3 Å². The average molecular weight is 371 g/mol. The van der Waals surface area contributed by atoms with Crippen molar-refractivity contribution in [1.29, 1.82) is 5.26 Å². The molecule has 0 fully saturated rings. The highest BCUT2D eigenvalue weighted by molar-refractivity contribution is 7.80. The Bertz CT molecular complexity index is 765. The minimum atomic E-state index is -0.423. The number of esters is 1. The van der Waals surface area contributed by atoms with Crippen LogP contribution in [0, 0.1) is 11.3 Å². The average Bonchev–Trinajstić information content (AvgIpc) is 2.63. The minimum absolute atomic E-state index is 0.0191. The zero-order valence-electron chi connectivity index (χ0n) is 14.8. The third kappa shape index (κ3) is 4.21. The highest BCUT2D eigenvalue weighted by atomic mass is 32.1. The summed E-state index contributed by atoms with van der Waals surface area (Å²) in [5, 5.41) is 12.3. The molecule has 1 aromatic carbocycles. The molecule has 0 aliphatic carbocycles. The van der Waals surface area contributed by atoms with Gasteiger partial charge in [-0.25, -0.2) is 4.79 Å². The van der Waals surface area contributed by atoms with Crippen LogP contribution in [0.15, 0.2) is 48.2 Å². The highest BCUT2D eigenvalue weighted by Gasteiger charge is 2.34. The van der Waals surface area contributed by atoms with Crippen LogP contribution in [0.25, 0.3) is 0 Å². The summed E-state index contributed by atoms with van der Waals surface area (Å²) in [6.07, 6.45) is 1.72. The van der Waals surface area contributed by atoms with Gasteiger partial charge < -0.3 is 19.7 Å². The lowest BCUT2D eigenvalue weighted by Gasteiger charge is -2.37.